The summed E-state index contributed by atoms with van der Waals surface area (Å²) in [4.78, 5) is 23.9. The summed E-state index contributed by atoms with van der Waals surface area (Å²) in [5.41, 5.74) is 4.76. The van der Waals surface area contributed by atoms with Crippen molar-refractivity contribution in [3.05, 3.63) is 76.6 Å². The number of carboxylic acids is 2. The summed E-state index contributed by atoms with van der Waals surface area (Å²) in [5.74, 6) is -2.73. The normalized spacial score (nSPS) is 18.3. The van der Waals surface area contributed by atoms with Crippen LogP contribution in [0.2, 0.25) is 0 Å². The summed E-state index contributed by atoms with van der Waals surface area (Å²) in [7, 11) is 0. The second-order valence-corrected chi connectivity index (χ2v) is 13.3. The Morgan fingerprint density at radius 3 is 2.43 bits per heavy atom. The van der Waals surface area contributed by atoms with Crippen molar-refractivity contribution in [2.24, 2.45) is 5.41 Å². The van der Waals surface area contributed by atoms with Crippen LogP contribution in [0, 0.1) is 5.41 Å². The number of alkyl halides is 3. The van der Waals surface area contributed by atoms with E-state index in [4.69, 9.17) is 14.6 Å². The fraction of sp³-hybridized carbons (Fsp3) is 0.529. The maximum Gasteiger partial charge on any atom is 0.490 e. The van der Waals surface area contributed by atoms with Crippen molar-refractivity contribution >= 4 is 11.9 Å². The molecule has 1 aliphatic heterocycles. The van der Waals surface area contributed by atoms with Crippen LogP contribution in [-0.4, -0.2) is 60.4 Å². The molecule has 3 aromatic rings. The maximum atomic E-state index is 12.5. The first kappa shape index (κ1) is 34.9. The predicted octanol–water partition coefficient (Wildman–Crippen LogP) is 6.81. The number of fused-ring (bicyclic) bond motifs is 2. The lowest BCUT2D eigenvalue weighted by Crippen LogP contribution is -2.41. The molecule has 1 aromatic heterocycles. The first-order valence-electron chi connectivity index (χ1n) is 15.6. The number of carbonyl (C=O) groups is 2. The maximum absolute atomic E-state index is 12.5. The highest BCUT2D eigenvalue weighted by atomic mass is 19.4. The Balaban J connectivity index is 0.000000617. The summed E-state index contributed by atoms with van der Waals surface area (Å²) >= 11 is 0. The van der Waals surface area contributed by atoms with E-state index in [2.05, 4.69) is 72.4 Å². The molecule has 0 amide bonds. The number of aryl methyl sites for hydroxylation is 3. The zero-order valence-corrected chi connectivity index (χ0v) is 27.0. The molecule has 0 fully saturated rings. The zero-order chi connectivity index (χ0) is 33.9. The van der Waals surface area contributed by atoms with Gasteiger partial charge < -0.3 is 14.9 Å². The van der Waals surface area contributed by atoms with E-state index >= 15 is 0 Å². The molecule has 12 heteroatoms. The summed E-state index contributed by atoms with van der Waals surface area (Å²) in [6.45, 7) is 12.4. The van der Waals surface area contributed by atoms with Gasteiger partial charge in [0.05, 0.1) is 11.1 Å². The van der Waals surface area contributed by atoms with Crippen molar-refractivity contribution in [3.8, 4) is 5.75 Å². The quantitative estimate of drug-likeness (QED) is 0.261. The number of ether oxygens (including phenoxy) is 1. The minimum Gasteiger partial charge on any atom is -0.486 e. The Hall–Kier alpha value is -3.93. The summed E-state index contributed by atoms with van der Waals surface area (Å²) in [6, 6.07) is 15.3. The molecule has 0 spiro atoms. The number of carboxylic acid groups (broad SMARTS) is 2. The second kappa shape index (κ2) is 13.8. The van der Waals surface area contributed by atoms with Gasteiger partial charge in [0.2, 0.25) is 0 Å². The van der Waals surface area contributed by atoms with Crippen LogP contribution in [-0.2, 0) is 35.5 Å². The van der Waals surface area contributed by atoms with Gasteiger partial charge in [-0.15, -0.1) is 5.10 Å². The molecule has 0 radical (unpaired) electrons. The monoisotopic (exact) mass is 644 g/mol. The number of benzene rings is 2. The van der Waals surface area contributed by atoms with Crippen molar-refractivity contribution in [1.82, 2.24) is 19.9 Å². The number of aliphatic carboxylic acids is 2. The number of aromatic nitrogens is 3. The number of para-hydroxylation sites is 1. The number of hydrogen-bond acceptors (Lipinski definition) is 6. The number of nitrogens with zero attached hydrogens (tertiary/aromatic N) is 4. The molecule has 250 valence electrons. The molecule has 2 aromatic carbocycles. The Morgan fingerprint density at radius 1 is 1.09 bits per heavy atom. The van der Waals surface area contributed by atoms with Crippen LogP contribution in [0.3, 0.4) is 0 Å². The Labute approximate surface area is 267 Å². The highest BCUT2D eigenvalue weighted by Gasteiger charge is 2.40. The van der Waals surface area contributed by atoms with Gasteiger partial charge in [-0.2, -0.15) is 13.2 Å². The Morgan fingerprint density at radius 2 is 1.78 bits per heavy atom. The van der Waals surface area contributed by atoms with Crippen LogP contribution in [0.25, 0.3) is 0 Å². The van der Waals surface area contributed by atoms with Crippen LogP contribution in [0.15, 0.2) is 48.7 Å². The van der Waals surface area contributed by atoms with Crippen molar-refractivity contribution in [2.45, 2.75) is 104 Å². The molecule has 2 aliphatic rings. The van der Waals surface area contributed by atoms with E-state index in [0.717, 1.165) is 55.8 Å². The minimum atomic E-state index is -5.08. The highest BCUT2D eigenvalue weighted by molar-refractivity contribution is 5.75. The van der Waals surface area contributed by atoms with Crippen LogP contribution < -0.4 is 4.74 Å². The van der Waals surface area contributed by atoms with E-state index in [-0.39, 0.29) is 17.6 Å². The van der Waals surface area contributed by atoms with E-state index in [1.165, 1.54) is 16.7 Å². The number of hydrogen-bond donors (Lipinski definition) is 2. The van der Waals surface area contributed by atoms with Crippen LogP contribution in [0.5, 0.6) is 5.75 Å². The third-order valence-electron chi connectivity index (χ3n) is 8.78. The van der Waals surface area contributed by atoms with Gasteiger partial charge in [0, 0.05) is 43.4 Å². The van der Waals surface area contributed by atoms with E-state index in [9.17, 15) is 23.1 Å². The third-order valence-corrected chi connectivity index (χ3v) is 8.78. The van der Waals surface area contributed by atoms with Crippen molar-refractivity contribution in [2.75, 3.05) is 6.54 Å². The van der Waals surface area contributed by atoms with Crippen molar-refractivity contribution < 1.29 is 37.7 Å². The van der Waals surface area contributed by atoms with Gasteiger partial charge in [-0.1, -0.05) is 55.0 Å². The van der Waals surface area contributed by atoms with Gasteiger partial charge in [-0.05, 0) is 76.1 Å². The van der Waals surface area contributed by atoms with E-state index in [1.54, 1.807) is 0 Å². The van der Waals surface area contributed by atoms with Crippen molar-refractivity contribution in [3.63, 3.8) is 0 Å². The van der Waals surface area contributed by atoms with Crippen molar-refractivity contribution in [1.29, 1.82) is 0 Å². The standard InChI is InChI=1S/C32H42N4O3.C2HF3O2/c1-6-9-25-20-36(34-33-25)17-16-27(32(4,5)30(37)38)23-13-12-22-14-15-28(26(22)18-23)35-19-24-10-7-8-11-29(24)39-31(2,3)21-35;3-2(4,5)1(6)7/h7-8,10-13,18,20,27-28H,6,9,14-17,19,21H2,1-5H3,(H,37,38);(H,6,7). The lowest BCUT2D eigenvalue weighted by Gasteiger charge is -2.35. The lowest BCUT2D eigenvalue weighted by atomic mass is 9.72. The van der Waals surface area contributed by atoms with E-state index in [1.807, 2.05) is 30.8 Å². The van der Waals surface area contributed by atoms with Gasteiger partial charge in [0.25, 0.3) is 0 Å². The average molecular weight is 645 g/mol. The van der Waals surface area contributed by atoms with Gasteiger partial charge in [0.15, 0.2) is 0 Å². The summed E-state index contributed by atoms with van der Waals surface area (Å²) in [5, 5.41) is 25.9. The fourth-order valence-electron chi connectivity index (χ4n) is 6.42. The van der Waals surface area contributed by atoms with Gasteiger partial charge in [-0.25, -0.2) is 4.79 Å². The van der Waals surface area contributed by atoms with E-state index in [0.29, 0.717) is 13.0 Å². The van der Waals surface area contributed by atoms with Gasteiger partial charge >= 0.3 is 18.1 Å². The van der Waals surface area contributed by atoms with Gasteiger partial charge in [-0.3, -0.25) is 14.4 Å². The number of rotatable bonds is 9. The summed E-state index contributed by atoms with van der Waals surface area (Å²) < 4.78 is 40.0. The molecule has 0 saturated heterocycles. The Bertz CT molecular complexity index is 1530. The molecular weight excluding hydrogens is 601 g/mol. The minimum absolute atomic E-state index is 0.162. The molecule has 0 bridgehead atoms. The molecule has 5 rings (SSSR count). The third kappa shape index (κ3) is 8.26. The SMILES string of the molecule is CCCc1cn(CCC(c2ccc3c(c2)C(N2Cc4ccccc4OC(C)(C)C2)CC3)C(C)(C)C(=O)O)nn1.O=C(O)C(F)(F)F. The molecule has 2 N–H and O–H groups in total. The lowest BCUT2D eigenvalue weighted by molar-refractivity contribution is -0.192. The highest BCUT2D eigenvalue weighted by Crippen LogP contribution is 2.44. The molecule has 1 aliphatic carbocycles. The zero-order valence-electron chi connectivity index (χ0n) is 27.0. The van der Waals surface area contributed by atoms with E-state index < -0.39 is 23.5 Å². The van der Waals surface area contributed by atoms with Gasteiger partial charge in [0.1, 0.15) is 11.4 Å². The molecule has 0 saturated carbocycles. The Kier molecular flexibility index (Phi) is 10.5. The molecule has 46 heavy (non-hydrogen) atoms. The molecule has 2 heterocycles. The average Bonchev–Trinajstić information content (AvgIpc) is 3.56. The molecular formula is C34H43F3N4O5. The largest absolute Gasteiger partial charge is 0.490 e. The molecule has 2 unspecified atom stereocenters. The first-order chi connectivity index (χ1) is 21.5. The number of halogens is 3. The fourth-order valence-corrected chi connectivity index (χ4v) is 6.42. The molecule has 2 atom stereocenters. The van der Waals surface area contributed by atoms with Crippen LogP contribution in [0.4, 0.5) is 13.2 Å². The first-order valence-corrected chi connectivity index (χ1v) is 15.6. The summed E-state index contributed by atoms with van der Waals surface area (Å²) in [6.07, 6.45) is 1.60. The van der Waals surface area contributed by atoms with Crippen LogP contribution in [0.1, 0.15) is 93.8 Å². The molecule has 9 nitrogen and oxygen atoms in total. The smallest absolute Gasteiger partial charge is 0.486 e. The topological polar surface area (TPSA) is 118 Å². The van der Waals surface area contributed by atoms with Crippen LogP contribution >= 0.6 is 0 Å². The predicted molar refractivity (Wildman–Crippen MR) is 166 cm³/mol. The second-order valence-electron chi connectivity index (χ2n) is 13.3.